The van der Waals surface area contributed by atoms with E-state index in [1.165, 1.54) is 0 Å². The van der Waals surface area contributed by atoms with Gasteiger partial charge in [-0.2, -0.15) is 0 Å². The number of carbonyl (C=O) groups is 2. The van der Waals surface area contributed by atoms with Gasteiger partial charge < -0.3 is 15.3 Å². The monoisotopic (exact) mass is 200 g/mol. The molecule has 0 aliphatic rings. The molecule has 1 heterocycles. The Hall–Kier alpha value is -2.31. The van der Waals surface area contributed by atoms with Gasteiger partial charge in [0.2, 0.25) is 6.20 Å². The first-order valence-electron chi connectivity index (χ1n) is 3.38. The number of aromatic nitrogens is 1. The molecule has 74 valence electrons. The highest BCUT2D eigenvalue weighted by Gasteiger charge is 2.25. The molecule has 0 atom stereocenters. The molecule has 0 unspecified atom stereocenters. The van der Waals surface area contributed by atoms with Gasteiger partial charge in [-0.25, -0.2) is 9.59 Å². The summed E-state index contributed by atoms with van der Waals surface area (Å²) in [5, 5.41) is 35.0. The Bertz CT molecular complexity index is 373. The van der Waals surface area contributed by atoms with Crippen LogP contribution in [0.1, 0.15) is 20.8 Å². The lowest BCUT2D eigenvalue weighted by Crippen LogP contribution is -2.38. The van der Waals surface area contributed by atoms with Gasteiger partial charge in [0.1, 0.15) is 5.75 Å². The molecule has 0 radical (unpaired) electrons. The van der Waals surface area contributed by atoms with Crippen LogP contribution in [-0.2, 0) is 0 Å². The minimum Gasteiger partial charge on any atom is -0.507 e. The van der Waals surface area contributed by atoms with E-state index in [0.717, 1.165) is 0 Å². The third-order valence-corrected chi connectivity index (χ3v) is 1.50. The Labute approximate surface area is 77.0 Å². The van der Waals surface area contributed by atoms with Crippen molar-refractivity contribution in [1.82, 2.24) is 0 Å². The first kappa shape index (κ1) is 9.78. The normalized spacial score (nSPS) is 9.71. The molecule has 0 fully saturated rings. The maximum absolute atomic E-state index is 10.4. The van der Waals surface area contributed by atoms with E-state index in [2.05, 4.69) is 0 Å². The molecule has 1 aromatic heterocycles. The second kappa shape index (κ2) is 3.21. The van der Waals surface area contributed by atoms with Crippen LogP contribution in [0.5, 0.6) is 5.75 Å². The number of carboxylic acids is 2. The zero-order valence-electron chi connectivity index (χ0n) is 6.71. The Kier molecular flexibility index (Phi) is 2.24. The van der Waals surface area contributed by atoms with Crippen molar-refractivity contribution in [2.24, 2.45) is 0 Å². The zero-order valence-corrected chi connectivity index (χ0v) is 6.71. The van der Waals surface area contributed by atoms with Gasteiger partial charge in [0.05, 0.1) is 6.07 Å². The van der Waals surface area contributed by atoms with E-state index in [9.17, 15) is 9.59 Å². The standard InChI is InChI=1S/C7H5NO6/c9-5-1-4(7(12)13)8(14)2-3(5)6(10)11/h1-2,14H,(H2,10,11,12,13)/p+1. The van der Waals surface area contributed by atoms with Crippen molar-refractivity contribution in [2.45, 2.75) is 0 Å². The summed E-state index contributed by atoms with van der Waals surface area (Å²) < 4.78 is 0.117. The van der Waals surface area contributed by atoms with Crippen LogP contribution in [0.25, 0.3) is 0 Å². The molecule has 14 heavy (non-hydrogen) atoms. The predicted molar refractivity (Wildman–Crippen MR) is 39.4 cm³/mol. The highest BCUT2D eigenvalue weighted by Crippen LogP contribution is 2.15. The number of rotatable bonds is 2. The molecular weight excluding hydrogens is 194 g/mol. The molecule has 4 N–H and O–H groups in total. The Balaban J connectivity index is 3.38. The Morgan fingerprint density at radius 3 is 2.21 bits per heavy atom. The quantitative estimate of drug-likeness (QED) is 0.370. The molecular formula is C7H6NO6+. The summed E-state index contributed by atoms with van der Waals surface area (Å²) >= 11 is 0. The number of nitrogens with zero attached hydrogens (tertiary/aromatic N) is 1. The fourth-order valence-corrected chi connectivity index (χ4v) is 0.856. The highest BCUT2D eigenvalue weighted by atomic mass is 16.5. The summed E-state index contributed by atoms with van der Waals surface area (Å²) in [6.07, 6.45) is 0.598. The lowest BCUT2D eigenvalue weighted by molar-refractivity contribution is -0.906. The molecule has 0 spiro atoms. The molecule has 1 aromatic rings. The number of hydrogen-bond acceptors (Lipinski definition) is 4. The molecule has 0 aliphatic carbocycles. The van der Waals surface area contributed by atoms with E-state index >= 15 is 0 Å². The van der Waals surface area contributed by atoms with Crippen molar-refractivity contribution in [2.75, 3.05) is 0 Å². The van der Waals surface area contributed by atoms with Crippen molar-refractivity contribution in [3.05, 3.63) is 23.5 Å². The van der Waals surface area contributed by atoms with Gasteiger partial charge in [0, 0.05) is 4.73 Å². The molecule has 0 amide bonds. The summed E-state index contributed by atoms with van der Waals surface area (Å²) in [4.78, 5) is 20.8. The summed E-state index contributed by atoms with van der Waals surface area (Å²) in [5.74, 6) is -3.68. The van der Waals surface area contributed by atoms with Gasteiger partial charge >= 0.3 is 17.6 Å². The molecule has 7 nitrogen and oxygen atoms in total. The fraction of sp³-hybridized carbons (Fsp3) is 0. The van der Waals surface area contributed by atoms with Crippen LogP contribution in [0.15, 0.2) is 12.3 Å². The predicted octanol–water partition coefficient (Wildman–Crippen LogP) is -0.687. The topological polar surface area (TPSA) is 119 Å². The Morgan fingerprint density at radius 2 is 1.79 bits per heavy atom. The molecule has 0 saturated carbocycles. The zero-order chi connectivity index (χ0) is 10.9. The first-order valence-corrected chi connectivity index (χ1v) is 3.38. The van der Waals surface area contributed by atoms with Crippen molar-refractivity contribution in [3.63, 3.8) is 0 Å². The third kappa shape index (κ3) is 1.56. The minimum atomic E-state index is -1.49. The van der Waals surface area contributed by atoms with Crippen LogP contribution in [0.2, 0.25) is 0 Å². The number of aromatic hydroxyl groups is 1. The van der Waals surface area contributed by atoms with Gasteiger partial charge in [-0.3, -0.25) is 5.21 Å². The Morgan fingerprint density at radius 1 is 1.21 bits per heavy atom. The van der Waals surface area contributed by atoms with Gasteiger partial charge in [-0.15, -0.1) is 0 Å². The number of carboxylic acid groups (broad SMARTS) is 2. The second-order valence-electron chi connectivity index (χ2n) is 2.41. The van der Waals surface area contributed by atoms with Gasteiger partial charge in [-0.1, -0.05) is 0 Å². The number of aromatic carboxylic acids is 2. The molecule has 0 aromatic carbocycles. The second-order valence-corrected chi connectivity index (χ2v) is 2.41. The lowest BCUT2D eigenvalue weighted by atomic mass is 10.2. The highest BCUT2D eigenvalue weighted by molar-refractivity contribution is 5.91. The van der Waals surface area contributed by atoms with Crippen molar-refractivity contribution >= 4 is 11.9 Å². The third-order valence-electron chi connectivity index (χ3n) is 1.50. The SMILES string of the molecule is O=C(O)c1c[n+](O)c(C(=O)O)cc1O. The molecule has 0 bridgehead atoms. The average molecular weight is 200 g/mol. The van der Waals surface area contributed by atoms with Crippen LogP contribution >= 0.6 is 0 Å². The molecule has 1 rings (SSSR count). The molecule has 7 heteroatoms. The molecule has 0 saturated heterocycles. The van der Waals surface area contributed by atoms with Crippen LogP contribution < -0.4 is 4.73 Å². The summed E-state index contributed by atoms with van der Waals surface area (Å²) in [5.41, 5.74) is -1.22. The fourth-order valence-electron chi connectivity index (χ4n) is 0.856. The molecule has 0 aliphatic heterocycles. The van der Waals surface area contributed by atoms with Crippen LogP contribution in [0.4, 0.5) is 0 Å². The maximum atomic E-state index is 10.4. The number of pyridine rings is 1. The lowest BCUT2D eigenvalue weighted by Gasteiger charge is -1.96. The van der Waals surface area contributed by atoms with Crippen molar-refractivity contribution in [3.8, 4) is 5.75 Å². The van der Waals surface area contributed by atoms with Gasteiger partial charge in [0.25, 0.3) is 0 Å². The van der Waals surface area contributed by atoms with Gasteiger partial charge in [-0.05, 0) is 0 Å². The summed E-state index contributed by atoms with van der Waals surface area (Å²) in [7, 11) is 0. The maximum Gasteiger partial charge on any atom is 0.406 e. The van der Waals surface area contributed by atoms with E-state index in [0.29, 0.717) is 12.3 Å². The van der Waals surface area contributed by atoms with Crippen LogP contribution in [0.3, 0.4) is 0 Å². The number of hydrogen-bond donors (Lipinski definition) is 4. The summed E-state index contributed by atoms with van der Waals surface area (Å²) in [6.45, 7) is 0. The largest absolute Gasteiger partial charge is 0.507 e. The van der Waals surface area contributed by atoms with Crippen molar-refractivity contribution < 1.29 is 34.8 Å². The van der Waals surface area contributed by atoms with E-state index in [1.807, 2.05) is 0 Å². The van der Waals surface area contributed by atoms with E-state index in [1.54, 1.807) is 0 Å². The van der Waals surface area contributed by atoms with Gasteiger partial charge in [0.15, 0.2) is 5.56 Å². The smallest absolute Gasteiger partial charge is 0.406 e. The summed E-state index contributed by atoms with van der Waals surface area (Å²) in [6, 6.07) is 0.645. The van der Waals surface area contributed by atoms with Crippen molar-refractivity contribution in [1.29, 1.82) is 0 Å². The first-order chi connectivity index (χ1) is 6.43. The van der Waals surface area contributed by atoms with E-state index < -0.39 is 28.9 Å². The average Bonchev–Trinajstić information content (AvgIpc) is 2.07. The minimum absolute atomic E-state index is 0.117. The van der Waals surface area contributed by atoms with Crippen LogP contribution in [-0.4, -0.2) is 32.5 Å². The van der Waals surface area contributed by atoms with E-state index in [-0.39, 0.29) is 4.73 Å². The van der Waals surface area contributed by atoms with E-state index in [4.69, 9.17) is 20.5 Å². The van der Waals surface area contributed by atoms with Crippen LogP contribution in [0, 0.1) is 0 Å².